The Morgan fingerprint density at radius 2 is 1.86 bits per heavy atom. The van der Waals surface area contributed by atoms with Crippen LogP contribution in [0.4, 0.5) is 5.69 Å². The smallest absolute Gasteiger partial charge is 0.273 e. The van der Waals surface area contributed by atoms with Crippen molar-refractivity contribution >= 4 is 5.69 Å². The van der Waals surface area contributed by atoms with Gasteiger partial charge in [0.05, 0.1) is 18.1 Å². The van der Waals surface area contributed by atoms with Crippen molar-refractivity contribution in [1.29, 1.82) is 0 Å². The quantitative estimate of drug-likeness (QED) is 0.397. The second kappa shape index (κ2) is 8.46. The summed E-state index contributed by atoms with van der Waals surface area (Å²) >= 11 is 0. The van der Waals surface area contributed by atoms with E-state index >= 15 is 0 Å². The largest absolute Gasteiger partial charge is 0.493 e. The Bertz CT molecular complexity index is 459. The first-order chi connectivity index (χ1) is 10.0. The van der Waals surface area contributed by atoms with Crippen LogP contribution in [0, 0.1) is 10.1 Å². The van der Waals surface area contributed by atoms with Gasteiger partial charge in [-0.2, -0.15) is 0 Å². The zero-order valence-electron chi connectivity index (χ0n) is 13.2. The molecule has 6 nitrogen and oxygen atoms in total. The predicted molar refractivity (Wildman–Crippen MR) is 81.9 cm³/mol. The fourth-order valence-electron chi connectivity index (χ4n) is 2.18. The third-order valence-corrected chi connectivity index (χ3v) is 3.19. The number of nitro groups is 1. The van der Waals surface area contributed by atoms with Crippen molar-refractivity contribution in [3.05, 3.63) is 28.3 Å². The van der Waals surface area contributed by atoms with Crippen molar-refractivity contribution in [2.45, 2.75) is 39.8 Å². The van der Waals surface area contributed by atoms with E-state index in [4.69, 9.17) is 9.47 Å². The van der Waals surface area contributed by atoms with Gasteiger partial charge in [0.1, 0.15) is 6.23 Å². The molecule has 0 aliphatic heterocycles. The molecule has 1 rings (SSSR count). The van der Waals surface area contributed by atoms with Crippen LogP contribution in [0.2, 0.25) is 0 Å². The SMILES string of the molecule is CCCN(CCC)C(C)Oc1cc([N+](=O)[O-])ccc1OC. The summed E-state index contributed by atoms with van der Waals surface area (Å²) in [4.78, 5) is 12.6. The van der Waals surface area contributed by atoms with Gasteiger partial charge in [0.15, 0.2) is 11.5 Å². The Morgan fingerprint density at radius 3 is 2.33 bits per heavy atom. The summed E-state index contributed by atoms with van der Waals surface area (Å²) in [5.74, 6) is 0.900. The highest BCUT2D eigenvalue weighted by Gasteiger charge is 2.18. The minimum absolute atomic E-state index is 0.00414. The van der Waals surface area contributed by atoms with Crippen LogP contribution in [-0.4, -0.2) is 36.3 Å². The van der Waals surface area contributed by atoms with Gasteiger partial charge in [-0.3, -0.25) is 15.0 Å². The van der Waals surface area contributed by atoms with Gasteiger partial charge in [-0.1, -0.05) is 13.8 Å². The maximum Gasteiger partial charge on any atom is 0.273 e. The number of hydrogen-bond donors (Lipinski definition) is 0. The number of hydrogen-bond acceptors (Lipinski definition) is 5. The van der Waals surface area contributed by atoms with Gasteiger partial charge in [-0.05, 0) is 25.8 Å². The van der Waals surface area contributed by atoms with E-state index in [1.807, 2.05) is 6.92 Å². The summed E-state index contributed by atoms with van der Waals surface area (Å²) < 4.78 is 11.1. The fourth-order valence-corrected chi connectivity index (χ4v) is 2.18. The first-order valence-electron chi connectivity index (χ1n) is 7.26. The molecule has 0 N–H and O–H groups in total. The lowest BCUT2D eigenvalue weighted by molar-refractivity contribution is -0.385. The average Bonchev–Trinajstić information content (AvgIpc) is 2.46. The summed E-state index contributed by atoms with van der Waals surface area (Å²) in [5.41, 5.74) is -0.00414. The van der Waals surface area contributed by atoms with Crippen LogP contribution in [0.25, 0.3) is 0 Å². The van der Waals surface area contributed by atoms with E-state index in [-0.39, 0.29) is 11.9 Å². The number of nitro benzene ring substituents is 1. The topological polar surface area (TPSA) is 64.8 Å². The van der Waals surface area contributed by atoms with Gasteiger partial charge in [-0.15, -0.1) is 0 Å². The lowest BCUT2D eigenvalue weighted by atomic mass is 10.2. The summed E-state index contributed by atoms with van der Waals surface area (Å²) in [5, 5.41) is 10.9. The molecule has 0 aliphatic rings. The molecule has 0 heterocycles. The standard InChI is InChI=1S/C15H24N2O4/c1-5-9-16(10-6-2)12(3)21-15-11-13(17(18)19)7-8-14(15)20-4/h7-8,11-12H,5-6,9-10H2,1-4H3. The van der Waals surface area contributed by atoms with Crippen LogP contribution in [0.1, 0.15) is 33.6 Å². The first-order valence-corrected chi connectivity index (χ1v) is 7.26. The number of benzene rings is 1. The number of nitrogens with zero attached hydrogens (tertiary/aromatic N) is 2. The van der Waals surface area contributed by atoms with Gasteiger partial charge in [0, 0.05) is 19.2 Å². The molecule has 0 saturated carbocycles. The lowest BCUT2D eigenvalue weighted by Crippen LogP contribution is -2.38. The monoisotopic (exact) mass is 296 g/mol. The van der Waals surface area contributed by atoms with Crippen LogP contribution >= 0.6 is 0 Å². The minimum Gasteiger partial charge on any atom is -0.493 e. The number of methoxy groups -OCH3 is 1. The first kappa shape index (κ1) is 17.2. The molecule has 0 bridgehead atoms. The van der Waals surface area contributed by atoms with Gasteiger partial charge < -0.3 is 9.47 Å². The Hall–Kier alpha value is -1.82. The van der Waals surface area contributed by atoms with E-state index in [1.54, 1.807) is 6.07 Å². The lowest BCUT2D eigenvalue weighted by Gasteiger charge is -2.29. The minimum atomic E-state index is -0.438. The van der Waals surface area contributed by atoms with Crippen molar-refractivity contribution in [3.63, 3.8) is 0 Å². The third kappa shape index (κ3) is 4.90. The Labute approximate surface area is 125 Å². The number of ether oxygens (including phenoxy) is 2. The molecule has 0 aliphatic carbocycles. The molecule has 1 aromatic carbocycles. The van der Waals surface area contributed by atoms with Crippen molar-refractivity contribution in [2.75, 3.05) is 20.2 Å². The molecule has 1 aromatic rings. The molecule has 1 atom stereocenters. The molecule has 0 spiro atoms. The maximum atomic E-state index is 10.9. The molecule has 0 aromatic heterocycles. The van der Waals surface area contributed by atoms with Crippen molar-refractivity contribution in [3.8, 4) is 11.5 Å². The van der Waals surface area contributed by atoms with Crippen LogP contribution < -0.4 is 9.47 Å². The van der Waals surface area contributed by atoms with Crippen LogP contribution in [0.3, 0.4) is 0 Å². The summed E-state index contributed by atoms with van der Waals surface area (Å²) in [6, 6.07) is 4.38. The van der Waals surface area contributed by atoms with Gasteiger partial charge in [-0.25, -0.2) is 0 Å². The Balaban J connectivity index is 2.92. The van der Waals surface area contributed by atoms with Gasteiger partial charge in [0.25, 0.3) is 5.69 Å². The van der Waals surface area contributed by atoms with Crippen molar-refractivity contribution in [1.82, 2.24) is 4.90 Å². The van der Waals surface area contributed by atoms with Gasteiger partial charge >= 0.3 is 0 Å². The maximum absolute atomic E-state index is 10.9. The highest BCUT2D eigenvalue weighted by molar-refractivity contribution is 5.48. The molecule has 118 valence electrons. The predicted octanol–water partition coefficient (Wildman–Crippen LogP) is 3.45. The highest BCUT2D eigenvalue weighted by Crippen LogP contribution is 2.32. The summed E-state index contributed by atoms with van der Waals surface area (Å²) in [7, 11) is 1.52. The molecule has 0 fully saturated rings. The second-order valence-electron chi connectivity index (χ2n) is 4.85. The zero-order chi connectivity index (χ0) is 15.8. The van der Waals surface area contributed by atoms with E-state index in [2.05, 4.69) is 18.7 Å². The summed E-state index contributed by atoms with van der Waals surface area (Å²) in [6.45, 7) is 8.02. The molecule has 0 radical (unpaired) electrons. The number of rotatable bonds is 9. The molecule has 1 unspecified atom stereocenters. The molecular formula is C15H24N2O4. The van der Waals surface area contributed by atoms with Crippen LogP contribution in [-0.2, 0) is 0 Å². The Kier molecular flexibility index (Phi) is 6.94. The van der Waals surface area contributed by atoms with E-state index in [0.717, 1.165) is 25.9 Å². The highest BCUT2D eigenvalue weighted by atomic mass is 16.6. The van der Waals surface area contributed by atoms with E-state index < -0.39 is 4.92 Å². The van der Waals surface area contributed by atoms with E-state index in [0.29, 0.717) is 11.5 Å². The molecule has 0 saturated heterocycles. The third-order valence-electron chi connectivity index (χ3n) is 3.19. The van der Waals surface area contributed by atoms with Crippen LogP contribution in [0.15, 0.2) is 18.2 Å². The van der Waals surface area contributed by atoms with Crippen molar-refractivity contribution < 1.29 is 14.4 Å². The summed E-state index contributed by atoms with van der Waals surface area (Å²) in [6.07, 6.45) is 1.89. The molecule has 6 heteroatoms. The Morgan fingerprint density at radius 1 is 1.24 bits per heavy atom. The molecule has 0 amide bonds. The number of non-ortho nitro benzene ring substituents is 1. The fraction of sp³-hybridized carbons (Fsp3) is 0.600. The van der Waals surface area contributed by atoms with E-state index in [9.17, 15) is 10.1 Å². The normalized spacial score (nSPS) is 12.2. The van der Waals surface area contributed by atoms with Crippen molar-refractivity contribution in [2.24, 2.45) is 0 Å². The molecular weight excluding hydrogens is 272 g/mol. The molecule has 21 heavy (non-hydrogen) atoms. The second-order valence-corrected chi connectivity index (χ2v) is 4.85. The van der Waals surface area contributed by atoms with Gasteiger partial charge in [0.2, 0.25) is 0 Å². The average molecular weight is 296 g/mol. The zero-order valence-corrected chi connectivity index (χ0v) is 13.2. The van der Waals surface area contributed by atoms with E-state index in [1.165, 1.54) is 19.2 Å². The van der Waals surface area contributed by atoms with Crippen LogP contribution in [0.5, 0.6) is 11.5 Å².